The molecule has 162 valence electrons. The van der Waals surface area contributed by atoms with Gasteiger partial charge in [-0.05, 0) is 43.2 Å². The summed E-state index contributed by atoms with van der Waals surface area (Å²) < 4.78 is 15.8. The predicted octanol–water partition coefficient (Wildman–Crippen LogP) is 3.69. The second-order valence-electron chi connectivity index (χ2n) is 7.55. The van der Waals surface area contributed by atoms with Crippen LogP contribution in [0.4, 0.5) is 16.6 Å². The van der Waals surface area contributed by atoms with E-state index in [1.807, 2.05) is 45.0 Å². The molecule has 0 bridgehead atoms. The van der Waals surface area contributed by atoms with E-state index in [1.54, 1.807) is 24.3 Å². The number of carbonyl (C=O) groups is 1. The van der Waals surface area contributed by atoms with Crippen LogP contribution in [-0.4, -0.2) is 46.0 Å². The minimum Gasteiger partial charge on any atom is -0.497 e. The van der Waals surface area contributed by atoms with Gasteiger partial charge in [0.05, 0.1) is 13.2 Å². The molecule has 3 aromatic rings. The standard InChI is InChI=1S/C21H24N6O4/c1-12(2)16-11-30-21(28)27(16)17-9-10-22-20(24-17)23-13(3)19-25-18(26-31-19)14-5-7-15(29-4)8-6-14/h5-10,12-13,16H,11H2,1-4H3,(H,22,23,24)/t13-,16?/m0/s1. The maximum Gasteiger partial charge on any atom is 0.415 e. The Hall–Kier alpha value is -3.69. The molecule has 1 saturated heterocycles. The van der Waals surface area contributed by atoms with Crippen LogP contribution in [0.15, 0.2) is 41.1 Å². The molecule has 0 saturated carbocycles. The highest BCUT2D eigenvalue weighted by atomic mass is 16.6. The number of amides is 1. The van der Waals surface area contributed by atoms with E-state index >= 15 is 0 Å². The fraction of sp³-hybridized carbons (Fsp3) is 0.381. The first-order valence-electron chi connectivity index (χ1n) is 10.00. The highest BCUT2D eigenvalue weighted by molar-refractivity contribution is 5.89. The number of hydrogen-bond donors (Lipinski definition) is 1. The second kappa shape index (κ2) is 8.58. The Morgan fingerprint density at radius 3 is 2.65 bits per heavy atom. The van der Waals surface area contributed by atoms with Crippen LogP contribution in [-0.2, 0) is 4.74 Å². The molecule has 1 aliphatic heterocycles. The van der Waals surface area contributed by atoms with Crippen molar-refractivity contribution in [1.29, 1.82) is 0 Å². The summed E-state index contributed by atoms with van der Waals surface area (Å²) >= 11 is 0. The number of carbonyl (C=O) groups excluding carboxylic acids is 1. The molecule has 1 aliphatic rings. The van der Waals surface area contributed by atoms with E-state index in [4.69, 9.17) is 14.0 Å². The minimum absolute atomic E-state index is 0.0735. The zero-order valence-electron chi connectivity index (χ0n) is 17.8. The number of hydrogen-bond acceptors (Lipinski definition) is 9. The lowest BCUT2D eigenvalue weighted by atomic mass is 10.0. The van der Waals surface area contributed by atoms with E-state index in [9.17, 15) is 4.79 Å². The summed E-state index contributed by atoms with van der Waals surface area (Å²) in [4.78, 5) is 27.0. The van der Waals surface area contributed by atoms with Crippen LogP contribution in [0.2, 0.25) is 0 Å². The highest BCUT2D eigenvalue weighted by Gasteiger charge is 2.37. The number of anilines is 2. The quantitative estimate of drug-likeness (QED) is 0.606. The van der Waals surface area contributed by atoms with Gasteiger partial charge >= 0.3 is 6.09 Å². The molecule has 0 radical (unpaired) electrons. The van der Waals surface area contributed by atoms with Crippen LogP contribution in [0.25, 0.3) is 11.4 Å². The van der Waals surface area contributed by atoms with Gasteiger partial charge in [0.2, 0.25) is 17.7 Å². The molecular formula is C21H24N6O4. The lowest BCUT2D eigenvalue weighted by Crippen LogP contribution is -2.37. The van der Waals surface area contributed by atoms with Gasteiger partial charge in [-0.25, -0.2) is 9.78 Å². The predicted molar refractivity (Wildman–Crippen MR) is 113 cm³/mol. The van der Waals surface area contributed by atoms with Gasteiger partial charge in [-0.1, -0.05) is 19.0 Å². The number of cyclic esters (lactones) is 1. The third-order valence-corrected chi connectivity index (χ3v) is 5.07. The molecule has 1 unspecified atom stereocenters. The minimum atomic E-state index is -0.405. The maximum atomic E-state index is 12.2. The number of rotatable bonds is 7. The lowest BCUT2D eigenvalue weighted by Gasteiger charge is -2.23. The summed E-state index contributed by atoms with van der Waals surface area (Å²) in [5.74, 6) is 2.67. The molecule has 3 heterocycles. The van der Waals surface area contributed by atoms with Crippen molar-refractivity contribution in [2.24, 2.45) is 5.92 Å². The average Bonchev–Trinajstić information content (AvgIpc) is 3.41. The average molecular weight is 424 g/mol. The van der Waals surface area contributed by atoms with Crippen molar-refractivity contribution in [3.63, 3.8) is 0 Å². The summed E-state index contributed by atoms with van der Waals surface area (Å²) in [6, 6.07) is 8.65. The molecule has 1 fully saturated rings. The Kier molecular flexibility index (Phi) is 5.70. The third kappa shape index (κ3) is 4.27. The SMILES string of the molecule is COc1ccc(-c2noc([C@H](C)Nc3nccc(N4C(=O)OCC4C(C)C)n3)n2)cc1. The van der Waals surface area contributed by atoms with E-state index in [1.165, 1.54) is 0 Å². The van der Waals surface area contributed by atoms with Crippen LogP contribution in [0, 0.1) is 5.92 Å². The van der Waals surface area contributed by atoms with Gasteiger partial charge in [0.1, 0.15) is 24.2 Å². The van der Waals surface area contributed by atoms with Crippen molar-refractivity contribution in [2.75, 3.05) is 23.9 Å². The molecule has 31 heavy (non-hydrogen) atoms. The van der Waals surface area contributed by atoms with Gasteiger partial charge in [-0.2, -0.15) is 9.97 Å². The molecular weight excluding hydrogens is 400 g/mol. The summed E-state index contributed by atoms with van der Waals surface area (Å²) in [7, 11) is 1.61. The van der Waals surface area contributed by atoms with Gasteiger partial charge in [0.15, 0.2) is 0 Å². The zero-order valence-corrected chi connectivity index (χ0v) is 17.8. The number of benzene rings is 1. The van der Waals surface area contributed by atoms with Gasteiger partial charge in [0, 0.05) is 11.8 Å². The van der Waals surface area contributed by atoms with Crippen molar-refractivity contribution in [2.45, 2.75) is 32.9 Å². The van der Waals surface area contributed by atoms with Crippen molar-refractivity contribution in [3.05, 3.63) is 42.4 Å². The fourth-order valence-electron chi connectivity index (χ4n) is 3.27. The molecule has 2 aromatic heterocycles. The van der Waals surface area contributed by atoms with E-state index in [0.29, 0.717) is 30.1 Å². The molecule has 0 spiro atoms. The Labute approximate surface area is 179 Å². The molecule has 10 heteroatoms. The first kappa shape index (κ1) is 20.6. The van der Waals surface area contributed by atoms with Gasteiger partial charge in [-0.3, -0.25) is 4.90 Å². The van der Waals surface area contributed by atoms with Crippen molar-refractivity contribution < 1.29 is 18.8 Å². The number of nitrogens with zero attached hydrogens (tertiary/aromatic N) is 5. The van der Waals surface area contributed by atoms with E-state index < -0.39 is 6.09 Å². The van der Waals surface area contributed by atoms with Crippen molar-refractivity contribution in [3.8, 4) is 17.1 Å². The van der Waals surface area contributed by atoms with Crippen LogP contribution in [0.1, 0.15) is 32.7 Å². The number of ether oxygens (including phenoxy) is 2. The largest absolute Gasteiger partial charge is 0.497 e. The Morgan fingerprint density at radius 2 is 1.94 bits per heavy atom. The molecule has 1 aromatic carbocycles. The molecule has 10 nitrogen and oxygen atoms in total. The van der Waals surface area contributed by atoms with Crippen LogP contribution in [0.5, 0.6) is 5.75 Å². The van der Waals surface area contributed by atoms with Crippen LogP contribution in [0.3, 0.4) is 0 Å². The summed E-state index contributed by atoms with van der Waals surface area (Å²) in [6.07, 6.45) is 1.19. The Balaban J connectivity index is 1.49. The van der Waals surface area contributed by atoms with Gasteiger partial charge in [-0.15, -0.1) is 0 Å². The van der Waals surface area contributed by atoms with Crippen LogP contribution >= 0.6 is 0 Å². The maximum absolute atomic E-state index is 12.2. The third-order valence-electron chi connectivity index (χ3n) is 5.07. The van der Waals surface area contributed by atoms with Gasteiger partial charge < -0.3 is 19.3 Å². The number of aromatic nitrogens is 4. The van der Waals surface area contributed by atoms with Crippen molar-refractivity contribution in [1.82, 2.24) is 20.1 Å². The van der Waals surface area contributed by atoms with Gasteiger partial charge in [0.25, 0.3) is 0 Å². The zero-order chi connectivity index (χ0) is 22.0. The molecule has 2 atom stereocenters. The highest BCUT2D eigenvalue weighted by Crippen LogP contribution is 2.27. The lowest BCUT2D eigenvalue weighted by molar-refractivity contribution is 0.177. The summed E-state index contributed by atoms with van der Waals surface area (Å²) in [5.41, 5.74) is 0.813. The molecule has 4 rings (SSSR count). The summed E-state index contributed by atoms with van der Waals surface area (Å²) in [5, 5.41) is 7.19. The molecule has 0 aliphatic carbocycles. The van der Waals surface area contributed by atoms with E-state index in [-0.39, 0.29) is 18.0 Å². The normalized spacial score (nSPS) is 17.0. The fourth-order valence-corrected chi connectivity index (χ4v) is 3.27. The Morgan fingerprint density at radius 1 is 1.16 bits per heavy atom. The smallest absolute Gasteiger partial charge is 0.415 e. The summed E-state index contributed by atoms with van der Waals surface area (Å²) in [6.45, 7) is 6.29. The second-order valence-corrected chi connectivity index (χ2v) is 7.55. The van der Waals surface area contributed by atoms with Crippen LogP contribution < -0.4 is 15.0 Å². The molecule has 1 N–H and O–H groups in total. The first-order chi connectivity index (χ1) is 15.0. The number of nitrogens with one attached hydrogen (secondary N) is 1. The topological polar surface area (TPSA) is 116 Å². The number of methoxy groups -OCH3 is 1. The van der Waals surface area contributed by atoms with Crippen molar-refractivity contribution >= 4 is 17.9 Å². The monoisotopic (exact) mass is 424 g/mol. The van der Waals surface area contributed by atoms with E-state index in [0.717, 1.165) is 11.3 Å². The Bertz CT molecular complexity index is 1050. The molecule has 1 amide bonds. The first-order valence-corrected chi connectivity index (χ1v) is 10.00. The van der Waals surface area contributed by atoms with E-state index in [2.05, 4.69) is 25.4 Å².